The summed E-state index contributed by atoms with van der Waals surface area (Å²) in [5.74, 6) is -0.779. The number of hydrogen-bond donors (Lipinski definition) is 1. The fourth-order valence-corrected chi connectivity index (χ4v) is 4.70. The van der Waals surface area contributed by atoms with Crippen molar-refractivity contribution in [2.24, 2.45) is 0 Å². The third-order valence-corrected chi connectivity index (χ3v) is 6.70. The van der Waals surface area contributed by atoms with Crippen LogP contribution in [-0.4, -0.2) is 27.0 Å². The summed E-state index contributed by atoms with van der Waals surface area (Å²) in [5, 5.41) is 2.98. The number of aromatic nitrogens is 2. The van der Waals surface area contributed by atoms with Crippen molar-refractivity contribution in [3.8, 4) is 5.69 Å². The molecule has 3 aromatic carbocycles. The van der Waals surface area contributed by atoms with Crippen LogP contribution < -0.4 is 10.9 Å². The number of carbonyl (C=O) groups excluding carboxylic acids is 1. The molecule has 0 bridgehead atoms. The number of nitrogens with zero attached hydrogens (tertiary/aromatic N) is 2. The number of para-hydroxylation sites is 3. The predicted octanol–water partition coefficient (Wildman–Crippen LogP) is 5.37. The number of rotatable bonds is 6. The summed E-state index contributed by atoms with van der Waals surface area (Å²) in [5.41, 5.74) is 0.922. The highest BCUT2D eigenvalue weighted by atomic mass is 32.2. The molecule has 0 saturated carbocycles. The second-order valence-electron chi connectivity index (χ2n) is 6.95. The minimum absolute atomic E-state index is 0.0959. The van der Waals surface area contributed by atoms with Crippen LogP contribution in [0.2, 0.25) is 0 Å². The zero-order valence-electron chi connectivity index (χ0n) is 17.4. The lowest BCUT2D eigenvalue weighted by atomic mass is 10.2. The van der Waals surface area contributed by atoms with Crippen LogP contribution in [0, 0.1) is 5.82 Å². The molecule has 0 aliphatic heterocycles. The first-order valence-electron chi connectivity index (χ1n) is 9.87. The number of benzene rings is 3. The van der Waals surface area contributed by atoms with Crippen LogP contribution in [0.25, 0.3) is 16.6 Å². The maximum absolute atomic E-state index is 14.6. The molecule has 0 saturated heterocycles. The molecule has 0 aliphatic rings. The molecule has 162 valence electrons. The molecule has 1 atom stereocenters. The van der Waals surface area contributed by atoms with Crippen LogP contribution in [0.15, 0.2) is 87.6 Å². The summed E-state index contributed by atoms with van der Waals surface area (Å²) < 4.78 is 15.9. The lowest BCUT2D eigenvalue weighted by molar-refractivity contribution is -0.115. The van der Waals surface area contributed by atoms with Gasteiger partial charge in [0.05, 0.1) is 27.5 Å². The van der Waals surface area contributed by atoms with Crippen molar-refractivity contribution in [3.05, 3.63) is 89.0 Å². The molecule has 1 heterocycles. The van der Waals surface area contributed by atoms with Crippen LogP contribution in [0.5, 0.6) is 0 Å². The Hall–Kier alpha value is -3.10. The van der Waals surface area contributed by atoms with Gasteiger partial charge in [0.2, 0.25) is 5.91 Å². The van der Waals surface area contributed by atoms with Crippen molar-refractivity contribution in [1.82, 2.24) is 9.55 Å². The fraction of sp³-hybridized carbons (Fsp3) is 0.125. The highest BCUT2D eigenvalue weighted by Crippen LogP contribution is 2.29. The maximum Gasteiger partial charge on any atom is 0.266 e. The molecule has 0 radical (unpaired) electrons. The van der Waals surface area contributed by atoms with Gasteiger partial charge in [-0.25, -0.2) is 9.37 Å². The van der Waals surface area contributed by atoms with Crippen molar-refractivity contribution in [2.45, 2.75) is 22.2 Å². The zero-order chi connectivity index (χ0) is 22.7. The Labute approximate surface area is 193 Å². The van der Waals surface area contributed by atoms with E-state index in [1.165, 1.54) is 28.5 Å². The first-order chi connectivity index (χ1) is 15.5. The van der Waals surface area contributed by atoms with Crippen molar-refractivity contribution in [2.75, 3.05) is 11.6 Å². The summed E-state index contributed by atoms with van der Waals surface area (Å²) in [6, 6.07) is 20.5. The van der Waals surface area contributed by atoms with Gasteiger partial charge in [-0.15, -0.1) is 11.8 Å². The molecule has 1 aromatic heterocycles. The molecule has 0 aliphatic carbocycles. The Bertz CT molecular complexity index is 1360. The Morgan fingerprint density at radius 3 is 2.50 bits per heavy atom. The quantitative estimate of drug-likeness (QED) is 0.307. The highest BCUT2D eigenvalue weighted by molar-refractivity contribution is 8.00. The van der Waals surface area contributed by atoms with E-state index in [9.17, 15) is 14.0 Å². The van der Waals surface area contributed by atoms with Crippen molar-refractivity contribution >= 4 is 46.0 Å². The highest BCUT2D eigenvalue weighted by Gasteiger charge is 2.22. The van der Waals surface area contributed by atoms with Crippen LogP contribution in [0.1, 0.15) is 6.92 Å². The largest absolute Gasteiger partial charge is 0.324 e. The molecule has 5 nitrogen and oxygen atoms in total. The van der Waals surface area contributed by atoms with E-state index in [-0.39, 0.29) is 22.3 Å². The number of thioether (sulfide) groups is 2. The van der Waals surface area contributed by atoms with Gasteiger partial charge in [0, 0.05) is 4.90 Å². The molecule has 8 heteroatoms. The van der Waals surface area contributed by atoms with Gasteiger partial charge in [-0.1, -0.05) is 48.2 Å². The number of carbonyl (C=O) groups is 1. The molecule has 1 N–H and O–H groups in total. The van der Waals surface area contributed by atoms with Gasteiger partial charge in [-0.3, -0.25) is 14.2 Å². The molecule has 0 fully saturated rings. The number of nitrogens with one attached hydrogen (secondary N) is 1. The smallest absolute Gasteiger partial charge is 0.266 e. The van der Waals surface area contributed by atoms with Gasteiger partial charge in [0.1, 0.15) is 5.82 Å². The van der Waals surface area contributed by atoms with E-state index in [0.29, 0.717) is 10.9 Å². The second-order valence-corrected chi connectivity index (χ2v) is 9.11. The first-order valence-corrected chi connectivity index (χ1v) is 12.0. The number of anilines is 1. The van der Waals surface area contributed by atoms with Gasteiger partial charge in [-0.2, -0.15) is 0 Å². The molecule has 1 unspecified atom stereocenters. The summed E-state index contributed by atoms with van der Waals surface area (Å²) in [6.07, 6.45) is 1.94. The summed E-state index contributed by atoms with van der Waals surface area (Å²) in [4.78, 5) is 31.7. The molecule has 4 rings (SSSR count). The number of amides is 1. The van der Waals surface area contributed by atoms with Crippen molar-refractivity contribution in [1.29, 1.82) is 0 Å². The minimum Gasteiger partial charge on any atom is -0.324 e. The average Bonchev–Trinajstić information content (AvgIpc) is 2.80. The normalized spacial score (nSPS) is 12.0. The number of hydrogen-bond acceptors (Lipinski definition) is 5. The zero-order valence-corrected chi connectivity index (χ0v) is 19.0. The Kier molecular flexibility index (Phi) is 6.62. The molecule has 1 amide bonds. The predicted molar refractivity (Wildman–Crippen MR) is 129 cm³/mol. The van der Waals surface area contributed by atoms with E-state index in [4.69, 9.17) is 0 Å². The van der Waals surface area contributed by atoms with Crippen LogP contribution in [-0.2, 0) is 4.79 Å². The molecule has 0 spiro atoms. The average molecular weight is 466 g/mol. The topological polar surface area (TPSA) is 64.0 Å². The van der Waals surface area contributed by atoms with Gasteiger partial charge in [0.25, 0.3) is 5.56 Å². The number of fused-ring (bicyclic) bond motifs is 1. The van der Waals surface area contributed by atoms with E-state index in [1.807, 2.05) is 30.5 Å². The van der Waals surface area contributed by atoms with Crippen LogP contribution in [0.4, 0.5) is 10.1 Å². The molecular weight excluding hydrogens is 445 g/mol. The van der Waals surface area contributed by atoms with E-state index < -0.39 is 11.1 Å². The van der Waals surface area contributed by atoms with Gasteiger partial charge in [0.15, 0.2) is 5.16 Å². The van der Waals surface area contributed by atoms with E-state index in [0.717, 1.165) is 22.3 Å². The van der Waals surface area contributed by atoms with Gasteiger partial charge < -0.3 is 5.32 Å². The summed E-state index contributed by atoms with van der Waals surface area (Å²) >= 11 is 2.65. The number of halogens is 1. The standard InChI is InChI=1S/C24H20FN3O2S2/c1-15(22(29)26-19-12-6-8-14-21(19)31-2)32-24-27-18-11-5-3-9-16(18)23(30)28(24)20-13-7-4-10-17(20)25/h3-15H,1-2H3,(H,26,29). The monoisotopic (exact) mass is 465 g/mol. The summed E-state index contributed by atoms with van der Waals surface area (Å²) in [6.45, 7) is 1.73. The Morgan fingerprint density at radius 2 is 1.72 bits per heavy atom. The van der Waals surface area contributed by atoms with E-state index in [1.54, 1.807) is 43.3 Å². The van der Waals surface area contributed by atoms with Gasteiger partial charge in [-0.05, 0) is 49.6 Å². The minimum atomic E-state index is -0.587. The van der Waals surface area contributed by atoms with Crippen LogP contribution in [0.3, 0.4) is 0 Å². The van der Waals surface area contributed by atoms with Gasteiger partial charge >= 0.3 is 0 Å². The molecular formula is C24H20FN3O2S2. The maximum atomic E-state index is 14.6. The third-order valence-electron chi connectivity index (χ3n) is 4.85. The Balaban J connectivity index is 1.73. The first kappa shape index (κ1) is 22.1. The summed E-state index contributed by atoms with van der Waals surface area (Å²) in [7, 11) is 0. The molecule has 32 heavy (non-hydrogen) atoms. The lowest BCUT2D eigenvalue weighted by Gasteiger charge is -2.17. The SMILES string of the molecule is CSc1ccccc1NC(=O)C(C)Sc1nc2ccccc2c(=O)n1-c1ccccc1F. The lowest BCUT2D eigenvalue weighted by Crippen LogP contribution is -2.26. The third kappa shape index (κ3) is 4.42. The van der Waals surface area contributed by atoms with E-state index in [2.05, 4.69) is 10.3 Å². The second kappa shape index (κ2) is 9.58. The van der Waals surface area contributed by atoms with E-state index >= 15 is 0 Å². The van der Waals surface area contributed by atoms with Crippen molar-refractivity contribution < 1.29 is 9.18 Å². The molecule has 4 aromatic rings. The van der Waals surface area contributed by atoms with Crippen LogP contribution >= 0.6 is 23.5 Å². The van der Waals surface area contributed by atoms with Crippen molar-refractivity contribution in [3.63, 3.8) is 0 Å². The fourth-order valence-electron chi connectivity index (χ4n) is 3.23. The Morgan fingerprint density at radius 1 is 1.03 bits per heavy atom.